The molecule has 1 fully saturated rings. The zero-order valence-electron chi connectivity index (χ0n) is 13.6. The number of aromatic nitrogens is 2. The van der Waals surface area contributed by atoms with Crippen LogP contribution in [0.25, 0.3) is 0 Å². The molecule has 0 radical (unpaired) electrons. The molecule has 1 aliphatic rings. The second kappa shape index (κ2) is 6.77. The van der Waals surface area contributed by atoms with Gasteiger partial charge >= 0.3 is 0 Å². The fraction of sp³-hybridized carbons (Fsp3) is 0.800. The van der Waals surface area contributed by atoms with E-state index in [1.165, 1.54) is 25.0 Å². The molecule has 2 unspecified atom stereocenters. The van der Waals surface area contributed by atoms with Crippen LogP contribution >= 0.6 is 15.9 Å². The van der Waals surface area contributed by atoms with Crippen LogP contribution in [0.2, 0.25) is 0 Å². The van der Waals surface area contributed by atoms with Crippen molar-refractivity contribution in [1.29, 1.82) is 0 Å². The number of likely N-dealkylation sites (N-methyl/N-ethyl adjacent to an activating group) is 1. The molecule has 120 valence electrons. The van der Waals surface area contributed by atoms with Crippen LogP contribution in [-0.2, 0) is 6.54 Å². The van der Waals surface area contributed by atoms with Crippen molar-refractivity contribution >= 4 is 15.9 Å². The van der Waals surface area contributed by atoms with Crippen LogP contribution in [0.4, 0.5) is 0 Å². The Morgan fingerprint density at radius 3 is 2.81 bits per heavy atom. The van der Waals surface area contributed by atoms with E-state index < -0.39 is 0 Å². The number of nitrogens with two attached hydrogens (primary N) is 1. The molecule has 1 saturated carbocycles. The Kier molecular flexibility index (Phi) is 5.46. The Morgan fingerprint density at radius 1 is 1.57 bits per heavy atom. The SMILES string of the molecule is CN(C)CCn1ncc(Br)c1C(NN)C1CCCC1(C)C. The van der Waals surface area contributed by atoms with Crippen molar-refractivity contribution in [2.24, 2.45) is 17.2 Å². The standard InChI is InChI=1S/C15H28BrN5/c1-15(2)7-5-6-11(15)13(19-17)14-12(16)10-18-21(14)9-8-20(3)4/h10-11,13,19H,5-9,17H2,1-4H3. The zero-order valence-corrected chi connectivity index (χ0v) is 15.2. The molecule has 2 atom stereocenters. The zero-order chi connectivity index (χ0) is 15.6. The van der Waals surface area contributed by atoms with E-state index >= 15 is 0 Å². The molecular weight excluding hydrogens is 330 g/mol. The van der Waals surface area contributed by atoms with E-state index in [4.69, 9.17) is 5.84 Å². The third kappa shape index (κ3) is 3.67. The summed E-state index contributed by atoms with van der Waals surface area (Å²) in [7, 11) is 4.16. The highest BCUT2D eigenvalue weighted by Gasteiger charge is 2.41. The first-order chi connectivity index (χ1) is 9.86. The summed E-state index contributed by atoms with van der Waals surface area (Å²) in [4.78, 5) is 2.17. The predicted octanol–water partition coefficient (Wildman–Crippen LogP) is 2.54. The first kappa shape index (κ1) is 16.9. The number of halogens is 1. The van der Waals surface area contributed by atoms with E-state index in [-0.39, 0.29) is 6.04 Å². The highest BCUT2D eigenvalue weighted by molar-refractivity contribution is 9.10. The molecule has 3 N–H and O–H groups in total. The Hall–Kier alpha value is -0.430. The fourth-order valence-corrected chi connectivity index (χ4v) is 4.05. The van der Waals surface area contributed by atoms with Crippen molar-refractivity contribution in [3.63, 3.8) is 0 Å². The highest BCUT2D eigenvalue weighted by Crippen LogP contribution is 2.49. The van der Waals surface area contributed by atoms with Gasteiger partial charge in [-0.2, -0.15) is 5.10 Å². The van der Waals surface area contributed by atoms with Gasteiger partial charge in [0.05, 0.1) is 29.0 Å². The predicted molar refractivity (Wildman–Crippen MR) is 89.7 cm³/mol. The molecule has 5 nitrogen and oxygen atoms in total. The van der Waals surface area contributed by atoms with E-state index in [1.54, 1.807) is 0 Å². The second-order valence-corrected chi connectivity index (χ2v) is 7.89. The number of nitrogens with one attached hydrogen (secondary N) is 1. The van der Waals surface area contributed by atoms with E-state index in [9.17, 15) is 0 Å². The van der Waals surface area contributed by atoms with Gasteiger partial charge in [-0.25, -0.2) is 0 Å². The molecule has 21 heavy (non-hydrogen) atoms. The molecule has 0 bridgehead atoms. The molecular formula is C15H28BrN5. The van der Waals surface area contributed by atoms with E-state index in [2.05, 4.69) is 64.0 Å². The smallest absolute Gasteiger partial charge is 0.0712 e. The summed E-state index contributed by atoms with van der Waals surface area (Å²) in [6.45, 7) is 6.54. The summed E-state index contributed by atoms with van der Waals surface area (Å²) in [5, 5.41) is 4.52. The maximum absolute atomic E-state index is 5.94. The molecule has 1 aromatic heterocycles. The average molecular weight is 358 g/mol. The quantitative estimate of drug-likeness (QED) is 0.606. The molecule has 1 heterocycles. The minimum atomic E-state index is 0.140. The van der Waals surface area contributed by atoms with Gasteiger partial charge in [0.15, 0.2) is 0 Å². The van der Waals surface area contributed by atoms with Crippen LogP contribution in [0.1, 0.15) is 44.8 Å². The molecule has 0 amide bonds. The fourth-order valence-electron chi connectivity index (χ4n) is 3.51. The minimum absolute atomic E-state index is 0.140. The summed E-state index contributed by atoms with van der Waals surface area (Å²) in [5.41, 5.74) is 4.56. The van der Waals surface area contributed by atoms with Crippen molar-refractivity contribution < 1.29 is 0 Å². The van der Waals surface area contributed by atoms with Crippen LogP contribution in [0.15, 0.2) is 10.7 Å². The van der Waals surface area contributed by atoms with Crippen molar-refractivity contribution in [2.75, 3.05) is 20.6 Å². The number of hydrogen-bond acceptors (Lipinski definition) is 4. The average Bonchev–Trinajstić information content (AvgIpc) is 2.93. The molecule has 0 aliphatic heterocycles. The third-order valence-corrected chi connectivity index (χ3v) is 5.42. The van der Waals surface area contributed by atoms with E-state index in [0.717, 1.165) is 17.6 Å². The van der Waals surface area contributed by atoms with Gasteiger partial charge in [-0.15, -0.1) is 0 Å². The Morgan fingerprint density at radius 2 is 2.29 bits per heavy atom. The first-order valence-electron chi connectivity index (χ1n) is 7.69. The number of nitrogens with zero attached hydrogens (tertiary/aromatic N) is 3. The third-order valence-electron chi connectivity index (χ3n) is 4.81. The van der Waals surface area contributed by atoms with Crippen molar-refractivity contribution in [3.8, 4) is 0 Å². The molecule has 6 heteroatoms. The summed E-state index contributed by atoms with van der Waals surface area (Å²) in [5.74, 6) is 6.47. The topological polar surface area (TPSA) is 59.1 Å². The number of rotatable bonds is 6. The van der Waals surface area contributed by atoms with E-state index in [1.807, 2.05) is 6.20 Å². The van der Waals surface area contributed by atoms with Crippen molar-refractivity contribution in [3.05, 3.63) is 16.4 Å². The molecule has 0 saturated heterocycles. The number of hydrogen-bond donors (Lipinski definition) is 2. The van der Waals surface area contributed by atoms with Crippen molar-refractivity contribution in [2.45, 2.75) is 45.7 Å². The lowest BCUT2D eigenvalue weighted by Crippen LogP contribution is -2.39. The maximum atomic E-state index is 5.94. The molecule has 1 aromatic rings. The Labute approximate surface area is 136 Å². The van der Waals surface area contributed by atoms with Gasteiger partial charge < -0.3 is 4.90 Å². The van der Waals surface area contributed by atoms with E-state index in [0.29, 0.717) is 11.3 Å². The lowest BCUT2D eigenvalue weighted by Gasteiger charge is -2.34. The lowest BCUT2D eigenvalue weighted by atomic mass is 9.76. The minimum Gasteiger partial charge on any atom is -0.308 e. The molecule has 0 aromatic carbocycles. The van der Waals surface area contributed by atoms with Gasteiger partial charge in [-0.05, 0) is 54.2 Å². The normalized spacial score (nSPS) is 22.9. The van der Waals surface area contributed by atoms with Crippen LogP contribution in [0.3, 0.4) is 0 Å². The summed E-state index contributed by atoms with van der Waals surface area (Å²) in [6.07, 6.45) is 5.64. The van der Waals surface area contributed by atoms with Crippen LogP contribution in [0, 0.1) is 11.3 Å². The Bertz CT molecular complexity index is 469. The molecule has 0 spiro atoms. The van der Waals surface area contributed by atoms with Crippen LogP contribution in [0.5, 0.6) is 0 Å². The lowest BCUT2D eigenvalue weighted by molar-refractivity contribution is 0.190. The van der Waals surface area contributed by atoms with Crippen LogP contribution in [-0.4, -0.2) is 35.3 Å². The molecule has 2 rings (SSSR count). The monoisotopic (exact) mass is 357 g/mol. The van der Waals surface area contributed by atoms with Gasteiger partial charge in [-0.3, -0.25) is 16.0 Å². The summed E-state index contributed by atoms with van der Waals surface area (Å²) in [6, 6.07) is 0.140. The number of hydrazine groups is 1. The highest BCUT2D eigenvalue weighted by atomic mass is 79.9. The van der Waals surface area contributed by atoms with Crippen LogP contribution < -0.4 is 11.3 Å². The van der Waals surface area contributed by atoms with Gasteiger partial charge in [0.25, 0.3) is 0 Å². The maximum Gasteiger partial charge on any atom is 0.0712 e. The van der Waals surface area contributed by atoms with Gasteiger partial charge in [0, 0.05) is 6.54 Å². The van der Waals surface area contributed by atoms with Gasteiger partial charge in [0.1, 0.15) is 0 Å². The van der Waals surface area contributed by atoms with Gasteiger partial charge in [-0.1, -0.05) is 20.3 Å². The Balaban J connectivity index is 2.27. The van der Waals surface area contributed by atoms with Gasteiger partial charge in [0.2, 0.25) is 0 Å². The second-order valence-electron chi connectivity index (χ2n) is 7.04. The summed E-state index contributed by atoms with van der Waals surface area (Å²) >= 11 is 3.66. The summed E-state index contributed by atoms with van der Waals surface area (Å²) < 4.78 is 3.13. The largest absolute Gasteiger partial charge is 0.308 e. The molecule has 1 aliphatic carbocycles. The first-order valence-corrected chi connectivity index (χ1v) is 8.48. The van der Waals surface area contributed by atoms with Crippen molar-refractivity contribution in [1.82, 2.24) is 20.1 Å².